The molecule has 2 aliphatic heterocycles. The zero-order valence-corrected chi connectivity index (χ0v) is 30.2. The number of carboxylic acid groups (broad SMARTS) is 1. The molecule has 8 N–H and O–H groups in total. The van der Waals surface area contributed by atoms with Crippen LogP contribution in [0.1, 0.15) is 87.0 Å². The molecule has 2 fully saturated rings. The number of carbonyl (C=O) groups excluding carboxylic acids is 7. The quantitative estimate of drug-likeness (QED) is 0.0930. The van der Waals surface area contributed by atoms with E-state index in [9.17, 15) is 43.5 Å². The number of nitrogens with one attached hydrogen (secondary N) is 5. The number of nitrogens with two attached hydrogens (primary N) is 1. The van der Waals surface area contributed by atoms with Crippen LogP contribution < -0.4 is 32.3 Å². The van der Waals surface area contributed by atoms with Crippen LogP contribution >= 0.6 is 0 Å². The molecular weight excluding hydrogens is 652 g/mol. The molecule has 0 saturated carbocycles. The summed E-state index contributed by atoms with van der Waals surface area (Å²) in [7, 11) is 0. The van der Waals surface area contributed by atoms with Crippen LogP contribution in [0.4, 0.5) is 0 Å². The van der Waals surface area contributed by atoms with Crippen molar-refractivity contribution in [3.63, 3.8) is 0 Å². The van der Waals surface area contributed by atoms with Crippen LogP contribution in [0.2, 0.25) is 0 Å². The van der Waals surface area contributed by atoms with Crippen molar-refractivity contribution < 1.29 is 43.5 Å². The normalized spacial score (nSPS) is 20.4. The lowest BCUT2D eigenvalue weighted by molar-refractivity contribution is -0.144. The molecule has 17 heteroatoms. The number of hydrogen-bond acceptors (Lipinski definition) is 9. The highest BCUT2D eigenvalue weighted by Gasteiger charge is 2.41. The van der Waals surface area contributed by atoms with E-state index < -0.39 is 96.2 Å². The Morgan fingerprint density at radius 3 is 1.68 bits per heavy atom. The van der Waals surface area contributed by atoms with E-state index in [1.54, 1.807) is 0 Å². The van der Waals surface area contributed by atoms with Gasteiger partial charge in [-0.3, -0.25) is 33.6 Å². The number of carbonyl (C=O) groups is 8. The Bertz CT molecular complexity index is 1270. The van der Waals surface area contributed by atoms with Crippen LogP contribution in [0.5, 0.6) is 0 Å². The van der Waals surface area contributed by atoms with Gasteiger partial charge < -0.3 is 47.2 Å². The molecule has 17 nitrogen and oxygen atoms in total. The van der Waals surface area contributed by atoms with Gasteiger partial charge in [-0.25, -0.2) is 4.79 Å². The third kappa shape index (κ3) is 12.2. The van der Waals surface area contributed by atoms with Gasteiger partial charge in [0.25, 0.3) is 0 Å². The van der Waals surface area contributed by atoms with E-state index in [2.05, 4.69) is 26.6 Å². The SMILES string of the molecule is CC(C)C[C@H](NC(=O)[C@H](C)NC(=O)CNC(=O)[C@@H]1CCCN1C(=O)[C@H](C)NC(=O)[C@@H]1CCCN1C(=O)[C@H](CC(C)C)NC(=O)[C@H](C)N)C(=O)O. The van der Waals surface area contributed by atoms with E-state index >= 15 is 0 Å². The van der Waals surface area contributed by atoms with Gasteiger partial charge >= 0.3 is 5.97 Å². The van der Waals surface area contributed by atoms with Crippen LogP contribution in [-0.2, 0) is 38.4 Å². The van der Waals surface area contributed by atoms with E-state index in [4.69, 9.17) is 5.73 Å². The fraction of sp³-hybridized carbons (Fsp3) is 0.758. The van der Waals surface area contributed by atoms with Crippen LogP contribution in [0.25, 0.3) is 0 Å². The van der Waals surface area contributed by atoms with Gasteiger partial charge in [-0.05, 0) is 71.1 Å². The minimum absolute atomic E-state index is 0.0151. The van der Waals surface area contributed by atoms with Gasteiger partial charge in [0.15, 0.2) is 0 Å². The summed E-state index contributed by atoms with van der Waals surface area (Å²) in [6.45, 7) is 12.0. The molecule has 2 rings (SSSR count). The standard InChI is InChI=1S/C33H56N8O9/c1-17(2)14-22(38-27(43)19(5)34)32(48)41-13-9-11-25(41)30(46)37-21(7)31(47)40-12-8-10-24(40)29(45)35-16-26(42)36-20(6)28(44)39-23(33(49)50)15-18(3)4/h17-25H,8-16,34H2,1-7H3,(H,35,45)(H,36,42)(H,37,46)(H,38,43)(H,39,44)(H,49,50)/t19-,20-,21-,22-,23-,24-,25-/m0/s1. The van der Waals surface area contributed by atoms with Crippen LogP contribution in [0.3, 0.4) is 0 Å². The van der Waals surface area contributed by atoms with Crippen molar-refractivity contribution in [2.75, 3.05) is 19.6 Å². The highest BCUT2D eigenvalue weighted by atomic mass is 16.4. The number of amides is 7. The molecule has 2 saturated heterocycles. The first-order chi connectivity index (χ1) is 23.3. The Labute approximate surface area is 293 Å². The summed E-state index contributed by atoms with van der Waals surface area (Å²) >= 11 is 0. The van der Waals surface area contributed by atoms with E-state index in [0.717, 1.165) is 0 Å². The molecule has 0 spiro atoms. The van der Waals surface area contributed by atoms with Gasteiger partial charge in [-0.1, -0.05) is 27.7 Å². The van der Waals surface area contributed by atoms with Crippen LogP contribution in [-0.4, -0.2) is 124 Å². The van der Waals surface area contributed by atoms with Crippen LogP contribution in [0, 0.1) is 11.8 Å². The molecule has 282 valence electrons. The summed E-state index contributed by atoms with van der Waals surface area (Å²) in [6, 6.07) is -6.60. The van der Waals surface area contributed by atoms with Crippen molar-refractivity contribution in [1.29, 1.82) is 0 Å². The summed E-state index contributed by atoms with van der Waals surface area (Å²) in [5.74, 6) is -4.94. The molecule has 2 heterocycles. The fourth-order valence-corrected chi connectivity index (χ4v) is 6.06. The largest absolute Gasteiger partial charge is 0.480 e. The molecule has 0 unspecified atom stereocenters. The molecule has 0 aromatic heterocycles. The van der Waals surface area contributed by atoms with Crippen molar-refractivity contribution in [2.45, 2.75) is 129 Å². The molecule has 0 aliphatic carbocycles. The highest BCUT2D eigenvalue weighted by molar-refractivity contribution is 5.97. The van der Waals surface area contributed by atoms with Crippen molar-refractivity contribution in [1.82, 2.24) is 36.4 Å². The maximum absolute atomic E-state index is 13.5. The van der Waals surface area contributed by atoms with Gasteiger partial charge in [0, 0.05) is 13.1 Å². The Kier molecular flexibility index (Phi) is 16.1. The van der Waals surface area contributed by atoms with E-state index in [0.29, 0.717) is 38.6 Å². The third-order valence-electron chi connectivity index (χ3n) is 8.66. The molecule has 0 aromatic rings. The average Bonchev–Trinajstić information content (AvgIpc) is 3.72. The third-order valence-corrected chi connectivity index (χ3v) is 8.66. The van der Waals surface area contributed by atoms with Gasteiger partial charge in [0.05, 0.1) is 12.6 Å². The highest BCUT2D eigenvalue weighted by Crippen LogP contribution is 2.22. The summed E-state index contributed by atoms with van der Waals surface area (Å²) in [6.07, 6.45) is 2.36. The van der Waals surface area contributed by atoms with E-state index in [-0.39, 0.29) is 24.8 Å². The molecule has 7 amide bonds. The zero-order chi connectivity index (χ0) is 37.9. The van der Waals surface area contributed by atoms with E-state index in [1.807, 2.05) is 27.7 Å². The maximum atomic E-state index is 13.5. The Hall–Kier alpha value is -4.28. The monoisotopic (exact) mass is 708 g/mol. The first-order valence-corrected chi connectivity index (χ1v) is 17.4. The second-order valence-electron chi connectivity index (χ2n) is 14.1. The van der Waals surface area contributed by atoms with Crippen molar-refractivity contribution in [3.8, 4) is 0 Å². The lowest BCUT2D eigenvalue weighted by Gasteiger charge is -2.31. The molecule has 2 aliphatic rings. The predicted molar refractivity (Wildman–Crippen MR) is 182 cm³/mol. The van der Waals surface area contributed by atoms with Crippen molar-refractivity contribution in [2.24, 2.45) is 17.6 Å². The summed E-state index contributed by atoms with van der Waals surface area (Å²) in [5.41, 5.74) is 5.69. The molecule has 50 heavy (non-hydrogen) atoms. The number of nitrogens with zero attached hydrogens (tertiary/aromatic N) is 2. The van der Waals surface area contributed by atoms with Gasteiger partial charge in [0.1, 0.15) is 36.3 Å². The number of aliphatic carboxylic acids is 1. The fourth-order valence-electron chi connectivity index (χ4n) is 6.06. The summed E-state index contributed by atoms with van der Waals surface area (Å²) in [5, 5.41) is 22.1. The molecule has 7 atom stereocenters. The number of carboxylic acids is 1. The second kappa shape index (κ2) is 19.2. The molecule has 0 radical (unpaired) electrons. The number of rotatable bonds is 17. The van der Waals surface area contributed by atoms with Crippen LogP contribution in [0.15, 0.2) is 0 Å². The lowest BCUT2D eigenvalue weighted by Crippen LogP contribution is -2.58. The number of hydrogen-bond donors (Lipinski definition) is 7. The van der Waals surface area contributed by atoms with Gasteiger partial charge in [-0.2, -0.15) is 0 Å². The minimum atomic E-state index is -1.19. The minimum Gasteiger partial charge on any atom is -0.480 e. The van der Waals surface area contributed by atoms with Gasteiger partial charge in [-0.15, -0.1) is 0 Å². The predicted octanol–water partition coefficient (Wildman–Crippen LogP) is -1.41. The summed E-state index contributed by atoms with van der Waals surface area (Å²) < 4.78 is 0. The second-order valence-corrected chi connectivity index (χ2v) is 14.1. The first-order valence-electron chi connectivity index (χ1n) is 17.4. The Morgan fingerprint density at radius 1 is 0.660 bits per heavy atom. The molecule has 0 aromatic carbocycles. The summed E-state index contributed by atoms with van der Waals surface area (Å²) in [4.78, 5) is 105. The first kappa shape index (κ1) is 41.9. The lowest BCUT2D eigenvalue weighted by atomic mass is 10.0. The average molecular weight is 709 g/mol. The molecule has 0 bridgehead atoms. The maximum Gasteiger partial charge on any atom is 0.326 e. The van der Waals surface area contributed by atoms with Crippen molar-refractivity contribution >= 4 is 47.3 Å². The topological polar surface area (TPSA) is 249 Å². The Balaban J connectivity index is 1.95. The molecular formula is C33H56N8O9. The van der Waals surface area contributed by atoms with Gasteiger partial charge in [0.2, 0.25) is 41.4 Å². The van der Waals surface area contributed by atoms with Crippen molar-refractivity contribution in [3.05, 3.63) is 0 Å². The smallest absolute Gasteiger partial charge is 0.326 e. The zero-order valence-electron chi connectivity index (χ0n) is 30.2. The Morgan fingerprint density at radius 2 is 1.16 bits per heavy atom. The van der Waals surface area contributed by atoms with E-state index in [1.165, 1.54) is 30.6 Å². The number of likely N-dealkylation sites (tertiary alicyclic amines) is 2.